The van der Waals surface area contributed by atoms with E-state index in [1.54, 1.807) is 6.08 Å². The molecule has 0 atom stereocenters. The molecule has 0 fully saturated rings. The molecule has 3 heteroatoms. The molecule has 0 spiro atoms. The third-order valence-electron chi connectivity index (χ3n) is 1.15. The predicted molar refractivity (Wildman–Crippen MR) is 27.9 cm³/mol. The maximum atomic E-state index is 10.4. The van der Waals surface area contributed by atoms with E-state index in [1.165, 1.54) is 0 Å². The number of hydrogen-bond donors (Lipinski definition) is 0. The van der Waals surface area contributed by atoms with E-state index in [2.05, 4.69) is 0 Å². The van der Waals surface area contributed by atoms with Gasteiger partial charge in [0.2, 0.25) is 0 Å². The van der Waals surface area contributed by atoms with E-state index in [-0.39, 0.29) is 24.8 Å². The molecule has 0 unspecified atom stereocenters. The Bertz CT molecular complexity index is 101. The van der Waals surface area contributed by atoms with Gasteiger partial charge in [-0.1, -0.05) is 6.08 Å². The van der Waals surface area contributed by atoms with Crippen molar-refractivity contribution in [1.29, 1.82) is 0 Å². The molecule has 9 heavy (non-hydrogen) atoms. The molecule has 0 aromatic carbocycles. The van der Waals surface area contributed by atoms with E-state index < -0.39 is 0 Å². The minimum absolute atomic E-state index is 0. The van der Waals surface area contributed by atoms with Crippen molar-refractivity contribution >= 4 is 0 Å². The molecule has 0 radical (unpaired) electrons. The van der Waals surface area contributed by atoms with E-state index in [0.29, 0.717) is 6.61 Å². The van der Waals surface area contributed by atoms with E-state index in [1.807, 2.05) is 0 Å². The van der Waals surface area contributed by atoms with Gasteiger partial charge in [0.15, 0.2) is 0 Å². The largest absolute Gasteiger partial charge is 1.00 e. The van der Waals surface area contributed by atoms with Crippen molar-refractivity contribution in [3.8, 4) is 0 Å². The maximum absolute atomic E-state index is 10.4. The third kappa shape index (κ3) is 3.50. The van der Waals surface area contributed by atoms with Crippen LogP contribution in [0.5, 0.6) is 0 Å². The maximum Gasteiger partial charge on any atom is 1.00 e. The molecule has 1 heterocycles. The van der Waals surface area contributed by atoms with Gasteiger partial charge in [-0.05, 0) is 25.9 Å². The van der Waals surface area contributed by atoms with Gasteiger partial charge in [0.05, 0.1) is 0 Å². The van der Waals surface area contributed by atoms with Gasteiger partial charge in [-0.2, -0.15) is 0 Å². The average molecular weight is 120 g/mol. The Balaban J connectivity index is 0.000000640. The van der Waals surface area contributed by atoms with Crippen LogP contribution in [-0.2, 0) is 4.74 Å². The zero-order valence-electron chi connectivity index (χ0n) is 5.72. The van der Waals surface area contributed by atoms with Crippen molar-refractivity contribution in [3.05, 3.63) is 12.0 Å². The van der Waals surface area contributed by atoms with Crippen LogP contribution in [0.4, 0.5) is 0 Å². The van der Waals surface area contributed by atoms with E-state index >= 15 is 0 Å². The summed E-state index contributed by atoms with van der Waals surface area (Å²) in [6.45, 7) is 0.606. The topological polar surface area (TPSA) is 32.3 Å². The van der Waals surface area contributed by atoms with Crippen molar-refractivity contribution < 1.29 is 28.7 Å². The normalized spacial score (nSPS) is 18.4. The molecular formula is C6H9LiO2. The van der Waals surface area contributed by atoms with Crippen LogP contribution in [0.2, 0.25) is 0 Å². The third-order valence-corrected chi connectivity index (χ3v) is 1.15. The smallest absolute Gasteiger partial charge is 0.613 e. The molecular weight excluding hydrogens is 111 g/mol. The quantitative estimate of drug-likeness (QED) is 0.328. The molecule has 1 rings (SSSR count). The summed E-state index contributed by atoms with van der Waals surface area (Å²) in [5.41, 5.74) is 0. The molecule has 0 amide bonds. The Morgan fingerprint density at radius 2 is 2.22 bits per heavy atom. The van der Waals surface area contributed by atoms with Gasteiger partial charge in [0, 0.05) is 5.95 Å². The Morgan fingerprint density at radius 3 is 3.00 bits per heavy atom. The van der Waals surface area contributed by atoms with Crippen LogP contribution >= 0.6 is 0 Å². The van der Waals surface area contributed by atoms with Crippen LogP contribution in [-0.4, -0.2) is 6.61 Å². The fourth-order valence-electron chi connectivity index (χ4n) is 0.698. The molecule has 2 nitrogen and oxygen atoms in total. The Hall–Kier alpha value is -0.0626. The Kier molecular flexibility index (Phi) is 4.75. The first kappa shape index (κ1) is 8.94. The molecule has 0 bridgehead atoms. The number of hydrogen-bond acceptors (Lipinski definition) is 2. The number of allylic oxidation sites excluding steroid dienone is 1. The monoisotopic (exact) mass is 120 g/mol. The predicted octanol–water partition coefficient (Wildman–Crippen LogP) is -2.61. The van der Waals surface area contributed by atoms with E-state index in [4.69, 9.17) is 4.74 Å². The number of rotatable bonds is 0. The molecule has 0 aromatic rings. The van der Waals surface area contributed by atoms with Gasteiger partial charge in [0.1, 0.15) is 0 Å². The summed E-state index contributed by atoms with van der Waals surface area (Å²) in [4.78, 5) is 0. The van der Waals surface area contributed by atoms with Gasteiger partial charge in [-0.15, -0.1) is 0 Å². The fraction of sp³-hybridized carbons (Fsp3) is 0.667. The molecule has 0 N–H and O–H groups in total. The van der Waals surface area contributed by atoms with Gasteiger partial charge in [0.25, 0.3) is 0 Å². The second-order valence-corrected chi connectivity index (χ2v) is 1.87. The fourth-order valence-corrected chi connectivity index (χ4v) is 0.698. The van der Waals surface area contributed by atoms with Crippen molar-refractivity contribution in [3.63, 3.8) is 0 Å². The van der Waals surface area contributed by atoms with Crippen LogP contribution in [0.1, 0.15) is 19.3 Å². The van der Waals surface area contributed by atoms with Crippen LogP contribution in [0.3, 0.4) is 0 Å². The molecule has 0 saturated carbocycles. The summed E-state index contributed by atoms with van der Waals surface area (Å²) >= 11 is 0. The molecule has 0 aromatic heterocycles. The van der Waals surface area contributed by atoms with Crippen LogP contribution in [0.25, 0.3) is 0 Å². The van der Waals surface area contributed by atoms with Crippen LogP contribution in [0.15, 0.2) is 12.0 Å². The molecule has 0 saturated heterocycles. The minimum Gasteiger partial charge on any atom is -0.613 e. The van der Waals surface area contributed by atoms with Gasteiger partial charge in [-0.25, -0.2) is 0 Å². The number of ether oxygens (including phenoxy) is 1. The SMILES string of the molecule is [Li+].[O-]C1=CCCCCO1. The second-order valence-electron chi connectivity index (χ2n) is 1.87. The summed E-state index contributed by atoms with van der Waals surface area (Å²) in [7, 11) is 0. The summed E-state index contributed by atoms with van der Waals surface area (Å²) < 4.78 is 4.71. The molecule has 1 aliphatic rings. The first-order valence-corrected chi connectivity index (χ1v) is 2.89. The van der Waals surface area contributed by atoms with Crippen LogP contribution in [0, 0.1) is 0 Å². The summed E-state index contributed by atoms with van der Waals surface area (Å²) in [5.74, 6) is -0.150. The first-order valence-electron chi connectivity index (χ1n) is 2.89. The van der Waals surface area contributed by atoms with Crippen LogP contribution < -0.4 is 24.0 Å². The van der Waals surface area contributed by atoms with Gasteiger partial charge < -0.3 is 9.84 Å². The Labute approximate surface area is 67.1 Å². The average Bonchev–Trinajstić information content (AvgIpc) is 1.94. The van der Waals surface area contributed by atoms with Gasteiger partial charge in [-0.3, -0.25) is 0 Å². The minimum atomic E-state index is -0.150. The van der Waals surface area contributed by atoms with E-state index in [9.17, 15) is 5.11 Å². The van der Waals surface area contributed by atoms with E-state index in [0.717, 1.165) is 19.3 Å². The van der Waals surface area contributed by atoms with Crippen molar-refractivity contribution in [2.24, 2.45) is 0 Å². The first-order chi connectivity index (χ1) is 3.89. The second kappa shape index (κ2) is 4.78. The molecule has 0 aliphatic carbocycles. The Morgan fingerprint density at radius 1 is 1.44 bits per heavy atom. The zero-order chi connectivity index (χ0) is 5.82. The van der Waals surface area contributed by atoms with Gasteiger partial charge >= 0.3 is 18.9 Å². The molecule has 1 aliphatic heterocycles. The van der Waals surface area contributed by atoms with Crippen molar-refractivity contribution in [2.45, 2.75) is 19.3 Å². The summed E-state index contributed by atoms with van der Waals surface area (Å²) in [5, 5.41) is 10.4. The zero-order valence-corrected chi connectivity index (χ0v) is 5.72. The van der Waals surface area contributed by atoms with Crippen molar-refractivity contribution in [2.75, 3.05) is 6.61 Å². The molecule has 46 valence electrons. The van der Waals surface area contributed by atoms with Crippen molar-refractivity contribution in [1.82, 2.24) is 0 Å². The standard InChI is InChI=1S/C6H10O2.Li/c7-6-4-2-1-3-5-8-6;/h4,7H,1-3,5H2;/q;+1/p-1. The summed E-state index contributed by atoms with van der Waals surface area (Å²) in [6.07, 6.45) is 4.60. The summed E-state index contributed by atoms with van der Waals surface area (Å²) in [6, 6.07) is 0.